The topological polar surface area (TPSA) is 101 Å². The fourth-order valence-corrected chi connectivity index (χ4v) is 5.03. The first kappa shape index (κ1) is 22.9. The molecule has 1 aliphatic heterocycles. The lowest BCUT2D eigenvalue weighted by Crippen LogP contribution is -2.22. The van der Waals surface area contributed by atoms with E-state index < -0.39 is 11.5 Å². The van der Waals surface area contributed by atoms with Crippen LogP contribution in [-0.4, -0.2) is 33.8 Å². The molecule has 39 heavy (non-hydrogen) atoms. The Morgan fingerprint density at radius 1 is 0.974 bits per heavy atom. The molecule has 0 amide bonds. The van der Waals surface area contributed by atoms with Gasteiger partial charge in [0.25, 0.3) is 0 Å². The number of rotatable bonds is 4. The Balaban J connectivity index is 1.57. The Kier molecular flexibility index (Phi) is 5.09. The van der Waals surface area contributed by atoms with Crippen molar-refractivity contribution in [3.63, 3.8) is 0 Å². The van der Waals surface area contributed by atoms with Crippen LogP contribution in [0, 0.1) is 5.82 Å². The molecule has 1 unspecified atom stereocenters. The van der Waals surface area contributed by atoms with Crippen molar-refractivity contribution in [2.45, 2.75) is 5.92 Å². The highest BCUT2D eigenvalue weighted by Gasteiger charge is 2.39. The van der Waals surface area contributed by atoms with E-state index in [4.69, 9.17) is 23.6 Å². The number of fused-ring (bicyclic) bond motifs is 6. The van der Waals surface area contributed by atoms with Crippen molar-refractivity contribution in [3.8, 4) is 34.5 Å². The van der Waals surface area contributed by atoms with E-state index in [2.05, 4.69) is 10.1 Å². The van der Waals surface area contributed by atoms with E-state index in [0.29, 0.717) is 56.4 Å². The minimum Gasteiger partial charge on any atom is -0.497 e. The quantitative estimate of drug-likeness (QED) is 0.286. The Hall–Kier alpha value is -5.25. The normalized spacial score (nSPS) is 14.1. The number of halogens is 1. The number of aromatic nitrogens is 4. The summed E-state index contributed by atoms with van der Waals surface area (Å²) in [6, 6.07) is 18.4. The van der Waals surface area contributed by atoms with Crippen LogP contribution in [-0.2, 0) is 0 Å². The second kappa shape index (κ2) is 8.66. The zero-order valence-electron chi connectivity index (χ0n) is 20.7. The lowest BCUT2D eigenvalue weighted by Gasteiger charge is -2.28. The second-order valence-electron chi connectivity index (χ2n) is 8.95. The number of para-hydroxylation sites is 1. The van der Waals surface area contributed by atoms with Gasteiger partial charge in [-0.3, -0.25) is 0 Å². The predicted octanol–water partition coefficient (Wildman–Crippen LogP) is 5.34. The third-order valence-corrected chi connectivity index (χ3v) is 6.81. The van der Waals surface area contributed by atoms with Gasteiger partial charge in [-0.15, -0.1) is 5.10 Å². The highest BCUT2D eigenvalue weighted by Crippen LogP contribution is 2.51. The summed E-state index contributed by atoms with van der Waals surface area (Å²) in [4.78, 5) is 22.9. The van der Waals surface area contributed by atoms with Crippen LogP contribution < -0.4 is 19.8 Å². The summed E-state index contributed by atoms with van der Waals surface area (Å²) in [5.74, 6) is 0.939. The lowest BCUT2D eigenvalue weighted by atomic mass is 9.83. The number of hydrogen-bond donors (Lipinski definition) is 0. The van der Waals surface area contributed by atoms with Gasteiger partial charge in [0.1, 0.15) is 29.2 Å². The molecule has 0 spiro atoms. The molecule has 4 heterocycles. The highest BCUT2D eigenvalue weighted by atomic mass is 19.1. The Bertz CT molecular complexity index is 1970. The van der Waals surface area contributed by atoms with Crippen LogP contribution in [0.15, 0.2) is 82.3 Å². The van der Waals surface area contributed by atoms with Crippen molar-refractivity contribution in [3.05, 3.63) is 106 Å². The summed E-state index contributed by atoms with van der Waals surface area (Å²) in [6.07, 6.45) is 1.49. The Morgan fingerprint density at radius 2 is 1.79 bits per heavy atom. The molecule has 1 atom stereocenters. The molecule has 3 aromatic carbocycles. The minimum atomic E-state index is -0.754. The first-order valence-electron chi connectivity index (χ1n) is 12.0. The molecule has 6 aromatic rings. The summed E-state index contributed by atoms with van der Waals surface area (Å²) < 4.78 is 38.4. The largest absolute Gasteiger partial charge is 0.497 e. The van der Waals surface area contributed by atoms with Crippen molar-refractivity contribution in [2.24, 2.45) is 0 Å². The smallest absolute Gasteiger partial charge is 0.344 e. The molecule has 7 rings (SSSR count). The Labute approximate surface area is 220 Å². The van der Waals surface area contributed by atoms with Gasteiger partial charge < -0.3 is 18.6 Å². The summed E-state index contributed by atoms with van der Waals surface area (Å²) in [6.45, 7) is 0. The van der Waals surface area contributed by atoms with E-state index in [1.807, 2.05) is 12.1 Å². The summed E-state index contributed by atoms with van der Waals surface area (Å²) in [5.41, 5.74) is 2.26. The number of benzene rings is 3. The van der Waals surface area contributed by atoms with E-state index in [1.54, 1.807) is 56.7 Å². The van der Waals surface area contributed by atoms with Gasteiger partial charge in [0.15, 0.2) is 17.2 Å². The number of methoxy groups -OCH3 is 2. The van der Waals surface area contributed by atoms with Crippen LogP contribution in [0.4, 0.5) is 4.39 Å². The highest BCUT2D eigenvalue weighted by molar-refractivity contribution is 5.87. The van der Waals surface area contributed by atoms with Gasteiger partial charge in [-0.1, -0.05) is 12.1 Å². The number of hydrogen-bond acceptors (Lipinski definition) is 8. The molecule has 3 aromatic heterocycles. The predicted molar refractivity (Wildman–Crippen MR) is 139 cm³/mol. The average Bonchev–Trinajstić information content (AvgIpc) is 3.41. The van der Waals surface area contributed by atoms with Crippen LogP contribution in [0.25, 0.3) is 28.0 Å². The minimum absolute atomic E-state index is 0.263. The molecular weight excluding hydrogens is 503 g/mol. The van der Waals surface area contributed by atoms with E-state index in [-0.39, 0.29) is 17.3 Å². The molecule has 0 saturated heterocycles. The van der Waals surface area contributed by atoms with E-state index in [0.717, 1.165) is 0 Å². The fourth-order valence-electron chi connectivity index (χ4n) is 5.03. The van der Waals surface area contributed by atoms with Crippen LogP contribution in [0.1, 0.15) is 22.6 Å². The third kappa shape index (κ3) is 3.52. The number of ether oxygens (including phenoxy) is 3. The summed E-state index contributed by atoms with van der Waals surface area (Å²) in [5, 5.41) is 5.19. The van der Waals surface area contributed by atoms with Gasteiger partial charge in [0.05, 0.1) is 36.7 Å². The first-order chi connectivity index (χ1) is 19.1. The SMILES string of the molecule is COc1ccc(OC)c(C2c3c(c4ccccc4oc3=O)Oc3ncn4nc(-c5ccc(F)cc5)nc4c32)c1. The van der Waals surface area contributed by atoms with Crippen LogP contribution in [0.3, 0.4) is 0 Å². The molecule has 0 aliphatic carbocycles. The first-order valence-corrected chi connectivity index (χ1v) is 12.0. The van der Waals surface area contributed by atoms with E-state index in [1.165, 1.54) is 23.0 Å². The molecule has 0 saturated carbocycles. The molecule has 0 bridgehead atoms. The molecule has 10 heteroatoms. The van der Waals surface area contributed by atoms with Crippen molar-refractivity contribution in [1.82, 2.24) is 19.6 Å². The maximum atomic E-state index is 13.6. The lowest BCUT2D eigenvalue weighted by molar-refractivity contribution is 0.392. The molecule has 0 radical (unpaired) electrons. The summed E-state index contributed by atoms with van der Waals surface area (Å²) >= 11 is 0. The molecule has 0 fully saturated rings. The third-order valence-electron chi connectivity index (χ3n) is 6.81. The van der Waals surface area contributed by atoms with Gasteiger partial charge in [0.2, 0.25) is 5.88 Å². The number of nitrogens with zero attached hydrogens (tertiary/aromatic N) is 4. The van der Waals surface area contributed by atoms with Crippen LogP contribution in [0.2, 0.25) is 0 Å². The molecule has 0 N–H and O–H groups in total. The van der Waals surface area contributed by atoms with Gasteiger partial charge >= 0.3 is 5.63 Å². The van der Waals surface area contributed by atoms with Crippen LogP contribution >= 0.6 is 0 Å². The molecular formula is C29H19FN4O5. The van der Waals surface area contributed by atoms with Gasteiger partial charge in [-0.2, -0.15) is 0 Å². The summed E-state index contributed by atoms with van der Waals surface area (Å²) in [7, 11) is 3.12. The van der Waals surface area contributed by atoms with Crippen molar-refractivity contribution in [1.29, 1.82) is 0 Å². The van der Waals surface area contributed by atoms with Crippen molar-refractivity contribution >= 4 is 16.6 Å². The standard InChI is InChI=1S/C29H19FN4O5/c1-36-17-11-12-20(37-2)19(13-17)22-23-25(18-5-3-4-6-21(18)38-29(23)35)39-28-24(22)27-32-26(33-34(27)14-31-28)15-7-9-16(30)10-8-15/h3-14,22H,1-2H3. The zero-order chi connectivity index (χ0) is 26.7. The molecule has 9 nitrogen and oxygen atoms in total. The van der Waals surface area contributed by atoms with E-state index in [9.17, 15) is 9.18 Å². The van der Waals surface area contributed by atoms with Gasteiger partial charge in [-0.05, 0) is 54.6 Å². The second-order valence-corrected chi connectivity index (χ2v) is 8.95. The monoisotopic (exact) mass is 522 g/mol. The van der Waals surface area contributed by atoms with Gasteiger partial charge in [0, 0.05) is 11.1 Å². The fraction of sp³-hybridized carbons (Fsp3) is 0.103. The average molecular weight is 522 g/mol. The van der Waals surface area contributed by atoms with Gasteiger partial charge in [-0.25, -0.2) is 23.7 Å². The molecule has 1 aliphatic rings. The maximum absolute atomic E-state index is 13.6. The van der Waals surface area contributed by atoms with Crippen molar-refractivity contribution in [2.75, 3.05) is 14.2 Å². The van der Waals surface area contributed by atoms with E-state index >= 15 is 0 Å². The zero-order valence-corrected chi connectivity index (χ0v) is 20.7. The Morgan fingerprint density at radius 3 is 2.59 bits per heavy atom. The van der Waals surface area contributed by atoms with Crippen LogP contribution in [0.5, 0.6) is 23.1 Å². The van der Waals surface area contributed by atoms with Crippen molar-refractivity contribution < 1.29 is 23.0 Å². The molecule has 192 valence electrons. The maximum Gasteiger partial charge on any atom is 0.344 e.